The number of carbonyl (C=O) groups is 1. The van der Waals surface area contributed by atoms with Crippen molar-refractivity contribution in [3.05, 3.63) is 70.4 Å². The van der Waals surface area contributed by atoms with Gasteiger partial charge in [0, 0.05) is 16.2 Å². The molecule has 0 bridgehead atoms. The number of nitriles is 1. The van der Waals surface area contributed by atoms with Crippen molar-refractivity contribution in [2.45, 2.75) is 19.3 Å². The predicted octanol–water partition coefficient (Wildman–Crippen LogP) is 4.29. The topological polar surface area (TPSA) is 67.2 Å². The first kappa shape index (κ1) is 17.0. The minimum absolute atomic E-state index is 0.167. The van der Waals surface area contributed by atoms with Crippen LogP contribution in [-0.2, 0) is 14.9 Å². The van der Waals surface area contributed by atoms with Crippen LogP contribution >= 0.6 is 0 Å². The smallest absolute Gasteiger partial charge is 0.330 e. The molecular formula is C23H17NO3. The number of benzene rings is 2. The van der Waals surface area contributed by atoms with Crippen molar-refractivity contribution in [2.24, 2.45) is 0 Å². The molecule has 0 saturated carbocycles. The van der Waals surface area contributed by atoms with Gasteiger partial charge in [-0.2, -0.15) is 5.26 Å². The van der Waals surface area contributed by atoms with Crippen LogP contribution in [0.5, 0.6) is 0 Å². The molecule has 4 nitrogen and oxygen atoms in total. The number of carbonyl (C=O) groups excluding carboxylic acids is 1. The molecule has 132 valence electrons. The Morgan fingerprint density at radius 2 is 1.67 bits per heavy atom. The summed E-state index contributed by atoms with van der Waals surface area (Å²) in [5.41, 5.74) is -1.31. The molecule has 4 heteroatoms. The van der Waals surface area contributed by atoms with E-state index in [9.17, 15) is 14.9 Å². The van der Waals surface area contributed by atoms with Gasteiger partial charge in [0.15, 0.2) is 10.8 Å². The van der Waals surface area contributed by atoms with Gasteiger partial charge >= 0.3 is 5.97 Å². The summed E-state index contributed by atoms with van der Waals surface area (Å²) in [6.45, 7) is 3.38. The highest BCUT2D eigenvalue weighted by molar-refractivity contribution is 6.23. The third-order valence-corrected chi connectivity index (χ3v) is 5.16. The Morgan fingerprint density at radius 3 is 2.33 bits per heavy atom. The lowest BCUT2D eigenvalue weighted by Crippen LogP contribution is -2.33. The van der Waals surface area contributed by atoms with E-state index in [1.54, 1.807) is 19.1 Å². The maximum absolute atomic E-state index is 13.4. The van der Waals surface area contributed by atoms with Crippen LogP contribution in [0.15, 0.2) is 59.4 Å². The van der Waals surface area contributed by atoms with Crippen molar-refractivity contribution < 1.29 is 9.53 Å². The molecule has 0 N–H and O–H groups in total. The van der Waals surface area contributed by atoms with E-state index in [-0.39, 0.29) is 12.0 Å². The van der Waals surface area contributed by atoms with Crippen molar-refractivity contribution in [1.82, 2.24) is 0 Å². The molecule has 0 aliphatic carbocycles. The van der Waals surface area contributed by atoms with E-state index in [0.717, 1.165) is 21.5 Å². The van der Waals surface area contributed by atoms with Crippen LogP contribution in [0, 0.1) is 11.3 Å². The summed E-state index contributed by atoms with van der Waals surface area (Å²) >= 11 is 0. The van der Waals surface area contributed by atoms with Crippen LogP contribution in [-0.4, -0.2) is 12.6 Å². The molecule has 0 fully saturated rings. The Morgan fingerprint density at radius 1 is 1.04 bits per heavy atom. The molecule has 1 unspecified atom stereocenters. The number of fused-ring (bicyclic) bond motifs is 2. The van der Waals surface area contributed by atoms with Crippen LogP contribution in [0.25, 0.3) is 32.3 Å². The molecule has 1 atom stereocenters. The first-order valence-electron chi connectivity index (χ1n) is 8.81. The maximum atomic E-state index is 13.4. The third kappa shape index (κ3) is 2.29. The Bertz CT molecular complexity index is 1300. The second kappa shape index (κ2) is 6.07. The molecule has 0 aliphatic heterocycles. The molecule has 0 radical (unpaired) electrons. The average molecular weight is 355 g/mol. The number of hydrogen-bond donors (Lipinski definition) is 0. The molecular weight excluding hydrogens is 338 g/mol. The first-order valence-corrected chi connectivity index (χ1v) is 8.81. The van der Waals surface area contributed by atoms with Gasteiger partial charge in [-0.1, -0.05) is 48.5 Å². The Balaban J connectivity index is 2.26. The number of rotatable bonds is 3. The largest absolute Gasteiger partial charge is 0.465 e. The highest BCUT2D eigenvalue weighted by atomic mass is 16.5. The van der Waals surface area contributed by atoms with Crippen LogP contribution in [0.1, 0.15) is 19.4 Å². The number of hydrogen-bond acceptors (Lipinski definition) is 4. The Hall–Kier alpha value is -3.45. The predicted molar refractivity (Wildman–Crippen MR) is 106 cm³/mol. The second-order valence-corrected chi connectivity index (χ2v) is 6.73. The van der Waals surface area contributed by atoms with Gasteiger partial charge in [-0.3, -0.25) is 4.79 Å². The summed E-state index contributed by atoms with van der Waals surface area (Å²) in [5.74, 6) is -0.642. The Kier molecular flexibility index (Phi) is 3.82. The normalized spacial score (nSPS) is 13.5. The molecule has 0 aromatic heterocycles. The van der Waals surface area contributed by atoms with E-state index in [1.807, 2.05) is 42.5 Å². The number of ether oxygens (including phenoxy) is 1. The van der Waals surface area contributed by atoms with Gasteiger partial charge in [0.05, 0.1) is 12.7 Å². The van der Waals surface area contributed by atoms with Crippen LogP contribution in [0.4, 0.5) is 0 Å². The summed E-state index contributed by atoms with van der Waals surface area (Å²) in [4.78, 5) is 26.0. The highest BCUT2D eigenvalue weighted by Gasteiger charge is 2.40. The summed E-state index contributed by atoms with van der Waals surface area (Å²) in [7, 11) is 0. The summed E-state index contributed by atoms with van der Waals surface area (Å²) < 4.78 is 5.15. The van der Waals surface area contributed by atoms with E-state index in [2.05, 4.69) is 6.07 Å². The summed E-state index contributed by atoms with van der Waals surface area (Å²) in [5, 5.41) is 14.2. The van der Waals surface area contributed by atoms with Crippen molar-refractivity contribution in [1.29, 1.82) is 5.26 Å². The lowest BCUT2D eigenvalue weighted by molar-refractivity contribution is -0.147. The molecule has 0 aliphatic rings. The van der Waals surface area contributed by atoms with Crippen molar-refractivity contribution in [3.8, 4) is 6.07 Å². The molecule has 0 amide bonds. The summed E-state index contributed by atoms with van der Waals surface area (Å²) in [6, 6.07) is 19.0. The SMILES string of the molecule is CCOC(=O)C(C)(C#N)c1cc2ccccc3c4ccccc4c(=O)c1c23. The van der Waals surface area contributed by atoms with Crippen LogP contribution < -0.4 is 5.43 Å². The molecule has 4 aromatic carbocycles. The molecule has 4 rings (SSSR count). The summed E-state index contributed by atoms with van der Waals surface area (Å²) in [6.07, 6.45) is 0. The van der Waals surface area contributed by atoms with Gasteiger partial charge in [0.1, 0.15) is 0 Å². The fourth-order valence-electron chi connectivity index (χ4n) is 3.79. The zero-order chi connectivity index (χ0) is 19.2. The van der Waals surface area contributed by atoms with E-state index < -0.39 is 11.4 Å². The van der Waals surface area contributed by atoms with Crippen molar-refractivity contribution in [2.75, 3.05) is 6.61 Å². The number of nitrogens with zero attached hydrogens (tertiary/aromatic N) is 1. The fourth-order valence-corrected chi connectivity index (χ4v) is 3.79. The minimum atomic E-state index is -1.55. The zero-order valence-electron chi connectivity index (χ0n) is 15.1. The van der Waals surface area contributed by atoms with Crippen molar-refractivity contribution >= 4 is 38.3 Å². The minimum Gasteiger partial charge on any atom is -0.465 e. The highest BCUT2D eigenvalue weighted by Crippen LogP contribution is 2.39. The van der Waals surface area contributed by atoms with Gasteiger partial charge < -0.3 is 4.74 Å². The molecule has 27 heavy (non-hydrogen) atoms. The molecule has 0 saturated heterocycles. The standard InChI is InChI=1S/C23H17NO3/c1-3-27-22(26)23(2,13-24)18-12-14-8-4-5-10-16-15-9-6-7-11-17(15)21(25)20(18)19(14)16/h4-12H,3H2,1-2H3. The quantitative estimate of drug-likeness (QED) is 0.514. The lowest BCUT2D eigenvalue weighted by atomic mass is 9.83. The second-order valence-electron chi connectivity index (χ2n) is 6.73. The van der Waals surface area contributed by atoms with Crippen LogP contribution in [0.2, 0.25) is 0 Å². The monoisotopic (exact) mass is 355 g/mol. The average Bonchev–Trinajstić information content (AvgIpc) is 2.94. The van der Waals surface area contributed by atoms with E-state index >= 15 is 0 Å². The van der Waals surface area contributed by atoms with E-state index in [4.69, 9.17) is 4.74 Å². The fraction of sp³-hybridized carbons (Fsp3) is 0.174. The van der Waals surface area contributed by atoms with Gasteiger partial charge in [-0.05, 0) is 41.6 Å². The van der Waals surface area contributed by atoms with E-state index in [1.165, 1.54) is 6.92 Å². The van der Waals surface area contributed by atoms with E-state index in [0.29, 0.717) is 16.3 Å². The third-order valence-electron chi connectivity index (χ3n) is 5.16. The van der Waals surface area contributed by atoms with Gasteiger partial charge in [0.25, 0.3) is 0 Å². The maximum Gasteiger partial charge on any atom is 0.330 e. The molecule has 0 heterocycles. The Labute approximate surface area is 155 Å². The zero-order valence-corrected chi connectivity index (χ0v) is 15.1. The number of esters is 1. The van der Waals surface area contributed by atoms with Crippen LogP contribution in [0.3, 0.4) is 0 Å². The molecule has 4 aromatic rings. The molecule has 0 spiro atoms. The lowest BCUT2D eigenvalue weighted by Gasteiger charge is -2.19. The first-order chi connectivity index (χ1) is 13.0. The van der Waals surface area contributed by atoms with Crippen molar-refractivity contribution in [3.63, 3.8) is 0 Å². The van der Waals surface area contributed by atoms with Gasteiger partial charge in [-0.15, -0.1) is 0 Å². The van der Waals surface area contributed by atoms with Gasteiger partial charge in [0.2, 0.25) is 0 Å². The van der Waals surface area contributed by atoms with Gasteiger partial charge in [-0.25, -0.2) is 4.79 Å².